The Morgan fingerprint density at radius 3 is 1.22 bits per heavy atom. The smallest absolute Gasteiger partial charge is 0.427 e. The fourth-order valence-corrected chi connectivity index (χ4v) is 2.34. The monoisotopic (exact) mass is 256 g/mol. The van der Waals surface area contributed by atoms with Gasteiger partial charge in [-0.1, -0.05) is 90.4 Å². The van der Waals surface area contributed by atoms with E-state index >= 15 is 0 Å². The van der Waals surface area contributed by atoms with Crippen LogP contribution >= 0.6 is 0 Å². The molecule has 0 saturated carbocycles. The Kier molecular flexibility index (Phi) is 15.0. The van der Waals surface area contributed by atoms with Crippen molar-refractivity contribution in [3.05, 3.63) is 0 Å². The van der Waals surface area contributed by atoms with E-state index in [1.165, 1.54) is 70.6 Å². The maximum atomic E-state index is 8.69. The molecule has 0 aromatic rings. The van der Waals surface area contributed by atoms with Gasteiger partial charge >= 0.3 is 7.12 Å². The number of hydrogen-bond donors (Lipinski definition) is 2. The van der Waals surface area contributed by atoms with E-state index in [9.17, 15) is 0 Å². The summed E-state index contributed by atoms with van der Waals surface area (Å²) in [5, 5.41) is 17.4. The van der Waals surface area contributed by atoms with Gasteiger partial charge in [-0.05, 0) is 6.32 Å². The lowest BCUT2D eigenvalue weighted by molar-refractivity contribution is 0.401. The Hall–Kier alpha value is -0.0151. The third-order valence-corrected chi connectivity index (χ3v) is 3.57. The minimum absolute atomic E-state index is 0.539. The van der Waals surface area contributed by atoms with Crippen LogP contribution in [0.25, 0.3) is 0 Å². The van der Waals surface area contributed by atoms with Gasteiger partial charge in [-0.25, -0.2) is 0 Å². The van der Waals surface area contributed by atoms with E-state index in [0.29, 0.717) is 6.32 Å². The standard InChI is InChI=1S/C15H33BO2/c1-2-3-4-5-6-7-8-9-10-11-12-13-14-15-16(17)18/h17-18H,2-15H2,1H3. The highest BCUT2D eigenvalue weighted by atomic mass is 16.4. The maximum Gasteiger partial charge on any atom is 0.451 e. The zero-order chi connectivity index (χ0) is 13.5. The first-order valence-electron chi connectivity index (χ1n) is 8.13. The van der Waals surface area contributed by atoms with Crippen molar-refractivity contribution in [3.63, 3.8) is 0 Å². The first kappa shape index (κ1) is 18.0. The predicted octanol–water partition coefficient (Wildman–Crippen LogP) is 4.55. The Bertz CT molecular complexity index is 151. The zero-order valence-electron chi connectivity index (χ0n) is 12.4. The molecular formula is C15H33BO2. The van der Waals surface area contributed by atoms with Crippen molar-refractivity contribution in [1.82, 2.24) is 0 Å². The van der Waals surface area contributed by atoms with Crippen LogP contribution in [0.15, 0.2) is 0 Å². The third kappa shape index (κ3) is 16.0. The summed E-state index contributed by atoms with van der Waals surface area (Å²) in [4.78, 5) is 0. The van der Waals surface area contributed by atoms with Crippen molar-refractivity contribution in [3.8, 4) is 0 Å². The number of rotatable bonds is 14. The molecule has 0 saturated heterocycles. The van der Waals surface area contributed by atoms with E-state index in [2.05, 4.69) is 6.92 Å². The van der Waals surface area contributed by atoms with E-state index in [-0.39, 0.29) is 0 Å². The van der Waals surface area contributed by atoms with E-state index in [1.54, 1.807) is 0 Å². The summed E-state index contributed by atoms with van der Waals surface area (Å²) >= 11 is 0. The second kappa shape index (κ2) is 15.0. The van der Waals surface area contributed by atoms with E-state index in [0.717, 1.165) is 12.8 Å². The summed E-state index contributed by atoms with van der Waals surface area (Å²) in [6, 6.07) is 0. The van der Waals surface area contributed by atoms with Crippen LogP contribution in [0.1, 0.15) is 90.4 Å². The quantitative estimate of drug-likeness (QED) is 0.353. The molecule has 3 heteroatoms. The summed E-state index contributed by atoms with van der Waals surface area (Å²) in [6.07, 6.45) is 17.8. The molecule has 0 aliphatic heterocycles. The van der Waals surface area contributed by atoms with Gasteiger partial charge in [0.15, 0.2) is 0 Å². The van der Waals surface area contributed by atoms with Crippen LogP contribution in [-0.2, 0) is 0 Å². The minimum Gasteiger partial charge on any atom is -0.427 e. The Morgan fingerprint density at radius 1 is 0.556 bits per heavy atom. The molecule has 0 bridgehead atoms. The molecule has 0 rings (SSSR count). The van der Waals surface area contributed by atoms with Gasteiger partial charge < -0.3 is 10.0 Å². The summed E-state index contributed by atoms with van der Waals surface area (Å²) in [5.41, 5.74) is 0. The molecule has 108 valence electrons. The molecule has 0 unspecified atom stereocenters. The van der Waals surface area contributed by atoms with Crippen LogP contribution in [0.3, 0.4) is 0 Å². The lowest BCUT2D eigenvalue weighted by Gasteiger charge is -2.03. The average Bonchev–Trinajstić information content (AvgIpc) is 2.34. The van der Waals surface area contributed by atoms with Crippen LogP contribution < -0.4 is 0 Å². The van der Waals surface area contributed by atoms with Crippen molar-refractivity contribution in [2.45, 2.75) is 96.7 Å². The molecule has 0 aromatic heterocycles. The van der Waals surface area contributed by atoms with Gasteiger partial charge in [0.25, 0.3) is 0 Å². The van der Waals surface area contributed by atoms with E-state index in [1.807, 2.05) is 0 Å². The second-order valence-corrected chi connectivity index (χ2v) is 5.51. The lowest BCUT2D eigenvalue weighted by atomic mass is 9.83. The van der Waals surface area contributed by atoms with E-state index < -0.39 is 7.12 Å². The second-order valence-electron chi connectivity index (χ2n) is 5.51. The van der Waals surface area contributed by atoms with Gasteiger partial charge in [-0.15, -0.1) is 0 Å². The van der Waals surface area contributed by atoms with Crippen molar-refractivity contribution in [1.29, 1.82) is 0 Å². The Balaban J connectivity index is 2.90. The van der Waals surface area contributed by atoms with Crippen molar-refractivity contribution < 1.29 is 10.0 Å². The highest BCUT2D eigenvalue weighted by molar-refractivity contribution is 6.40. The van der Waals surface area contributed by atoms with E-state index in [4.69, 9.17) is 10.0 Å². The maximum absolute atomic E-state index is 8.69. The average molecular weight is 256 g/mol. The Labute approximate surface area is 114 Å². The first-order valence-corrected chi connectivity index (χ1v) is 8.13. The van der Waals surface area contributed by atoms with Gasteiger partial charge in [0, 0.05) is 0 Å². The summed E-state index contributed by atoms with van der Waals surface area (Å²) < 4.78 is 0. The molecule has 0 radical (unpaired) electrons. The fourth-order valence-electron chi connectivity index (χ4n) is 2.34. The van der Waals surface area contributed by atoms with Gasteiger partial charge in [0.2, 0.25) is 0 Å². The highest BCUT2D eigenvalue weighted by Crippen LogP contribution is 2.13. The molecule has 0 aromatic carbocycles. The van der Waals surface area contributed by atoms with Crippen molar-refractivity contribution >= 4 is 7.12 Å². The fraction of sp³-hybridized carbons (Fsp3) is 1.00. The molecule has 2 nitrogen and oxygen atoms in total. The van der Waals surface area contributed by atoms with Crippen molar-refractivity contribution in [2.24, 2.45) is 0 Å². The summed E-state index contributed by atoms with van der Waals surface area (Å²) in [5.74, 6) is 0. The largest absolute Gasteiger partial charge is 0.451 e. The molecule has 2 N–H and O–H groups in total. The first-order chi connectivity index (χ1) is 8.77. The van der Waals surface area contributed by atoms with Crippen LogP contribution in [0.4, 0.5) is 0 Å². The molecule has 0 aliphatic rings. The molecular weight excluding hydrogens is 223 g/mol. The highest BCUT2D eigenvalue weighted by Gasteiger charge is 2.04. The van der Waals surface area contributed by atoms with Gasteiger partial charge in [0.1, 0.15) is 0 Å². The molecule has 0 spiro atoms. The molecule has 0 heterocycles. The summed E-state index contributed by atoms with van der Waals surface area (Å²) in [6.45, 7) is 2.27. The minimum atomic E-state index is -1.10. The normalized spacial score (nSPS) is 10.8. The SMILES string of the molecule is CCCCCCCCCCCCCCCB(O)O. The van der Waals surface area contributed by atoms with Crippen molar-refractivity contribution in [2.75, 3.05) is 0 Å². The molecule has 0 atom stereocenters. The molecule has 18 heavy (non-hydrogen) atoms. The molecule has 0 fully saturated rings. The lowest BCUT2D eigenvalue weighted by Crippen LogP contribution is -2.09. The molecule has 0 aliphatic carbocycles. The third-order valence-electron chi connectivity index (χ3n) is 3.57. The van der Waals surface area contributed by atoms with Crippen LogP contribution in [-0.4, -0.2) is 17.2 Å². The van der Waals surface area contributed by atoms with Crippen LogP contribution in [0.5, 0.6) is 0 Å². The van der Waals surface area contributed by atoms with Crippen LogP contribution in [0.2, 0.25) is 6.32 Å². The van der Waals surface area contributed by atoms with Gasteiger partial charge in [0.05, 0.1) is 0 Å². The molecule has 0 amide bonds. The zero-order valence-corrected chi connectivity index (χ0v) is 12.4. The topological polar surface area (TPSA) is 40.5 Å². The van der Waals surface area contributed by atoms with Gasteiger partial charge in [-0.3, -0.25) is 0 Å². The predicted molar refractivity (Wildman–Crippen MR) is 80.7 cm³/mol. The van der Waals surface area contributed by atoms with Gasteiger partial charge in [-0.2, -0.15) is 0 Å². The Morgan fingerprint density at radius 2 is 0.889 bits per heavy atom. The summed E-state index contributed by atoms with van der Waals surface area (Å²) in [7, 11) is -1.10. The number of unbranched alkanes of at least 4 members (excludes halogenated alkanes) is 12. The van der Waals surface area contributed by atoms with Crippen LogP contribution in [0, 0.1) is 0 Å². The number of hydrogen-bond acceptors (Lipinski definition) is 2.